The molecule has 1 unspecified atom stereocenters. The molecule has 1 amide bonds. The number of hydrogen-bond acceptors (Lipinski definition) is 4. The lowest BCUT2D eigenvalue weighted by Gasteiger charge is -2.21. The summed E-state index contributed by atoms with van der Waals surface area (Å²) >= 11 is 4.13. The van der Waals surface area contributed by atoms with E-state index < -0.39 is 4.75 Å². The van der Waals surface area contributed by atoms with Crippen molar-refractivity contribution >= 4 is 18.5 Å². The van der Waals surface area contributed by atoms with Crippen LogP contribution >= 0.6 is 12.6 Å². The van der Waals surface area contributed by atoms with Crippen LogP contribution in [0.1, 0.15) is 19.8 Å². The van der Waals surface area contributed by atoms with E-state index in [1.165, 1.54) is 0 Å². The minimum Gasteiger partial charge on any atom is -0.396 e. The van der Waals surface area contributed by atoms with Crippen LogP contribution in [-0.2, 0) is 4.79 Å². The van der Waals surface area contributed by atoms with E-state index in [4.69, 9.17) is 10.2 Å². The van der Waals surface area contributed by atoms with Crippen molar-refractivity contribution in [2.75, 3.05) is 19.8 Å². The number of amides is 1. The van der Waals surface area contributed by atoms with Crippen molar-refractivity contribution < 1.29 is 15.0 Å². The Hall–Kier alpha value is -0.260. The van der Waals surface area contributed by atoms with Crippen LogP contribution < -0.4 is 5.32 Å². The van der Waals surface area contributed by atoms with E-state index >= 15 is 0 Å². The highest BCUT2D eigenvalue weighted by atomic mass is 32.1. The number of aliphatic hydroxyl groups excluding tert-OH is 2. The van der Waals surface area contributed by atoms with Gasteiger partial charge in [0.05, 0.1) is 4.75 Å². The van der Waals surface area contributed by atoms with Gasteiger partial charge in [-0.1, -0.05) is 0 Å². The van der Waals surface area contributed by atoms with Gasteiger partial charge in [0.2, 0.25) is 5.91 Å². The standard InChI is InChI=1S/C8H17NO3S/c1-8(13,3-6-11)7(12)9-4-2-5-10/h10-11,13H,2-6H2,1H3,(H,9,12). The molecule has 0 radical (unpaired) electrons. The normalized spacial score (nSPS) is 15.1. The summed E-state index contributed by atoms with van der Waals surface area (Å²) in [5, 5.41) is 19.8. The molecule has 0 saturated carbocycles. The third-order valence-corrected chi connectivity index (χ3v) is 2.13. The van der Waals surface area contributed by atoms with Gasteiger partial charge in [0.1, 0.15) is 0 Å². The summed E-state index contributed by atoms with van der Waals surface area (Å²) in [5.74, 6) is -0.210. The highest BCUT2D eigenvalue weighted by Crippen LogP contribution is 2.17. The molecule has 0 aliphatic rings. The molecule has 0 aromatic rings. The predicted octanol–water partition coefficient (Wildman–Crippen LogP) is -0.444. The maximum atomic E-state index is 11.3. The number of rotatable bonds is 6. The molecular formula is C8H17NO3S. The Morgan fingerprint density at radius 2 is 2.08 bits per heavy atom. The van der Waals surface area contributed by atoms with Crippen LogP contribution in [0.15, 0.2) is 0 Å². The van der Waals surface area contributed by atoms with Gasteiger partial charge < -0.3 is 15.5 Å². The minimum absolute atomic E-state index is 0.0591. The molecule has 0 saturated heterocycles. The molecule has 0 aromatic carbocycles. The lowest BCUT2D eigenvalue weighted by molar-refractivity contribution is -0.123. The van der Waals surface area contributed by atoms with Gasteiger partial charge in [-0.15, -0.1) is 0 Å². The van der Waals surface area contributed by atoms with Crippen LogP contribution in [0.25, 0.3) is 0 Å². The van der Waals surface area contributed by atoms with Crippen molar-refractivity contribution in [1.82, 2.24) is 5.32 Å². The third-order valence-electron chi connectivity index (χ3n) is 1.71. The predicted molar refractivity (Wildman–Crippen MR) is 53.8 cm³/mol. The largest absolute Gasteiger partial charge is 0.396 e. The summed E-state index contributed by atoms with van der Waals surface area (Å²) in [6.45, 7) is 2.09. The quantitative estimate of drug-likeness (QED) is 0.352. The fourth-order valence-electron chi connectivity index (χ4n) is 0.803. The lowest BCUT2D eigenvalue weighted by Crippen LogP contribution is -2.41. The van der Waals surface area contributed by atoms with Crippen LogP contribution in [0.4, 0.5) is 0 Å². The Morgan fingerprint density at radius 1 is 1.46 bits per heavy atom. The van der Waals surface area contributed by atoms with Gasteiger partial charge in [-0.25, -0.2) is 0 Å². The van der Waals surface area contributed by atoms with E-state index in [1.807, 2.05) is 0 Å². The van der Waals surface area contributed by atoms with Crippen molar-refractivity contribution in [3.63, 3.8) is 0 Å². The zero-order chi connectivity index (χ0) is 10.3. The van der Waals surface area contributed by atoms with Gasteiger partial charge >= 0.3 is 0 Å². The maximum absolute atomic E-state index is 11.3. The molecule has 0 bridgehead atoms. The summed E-state index contributed by atoms with van der Waals surface area (Å²) < 4.78 is -0.829. The van der Waals surface area contributed by atoms with Gasteiger partial charge in [0.25, 0.3) is 0 Å². The van der Waals surface area contributed by atoms with Gasteiger partial charge in [0.15, 0.2) is 0 Å². The molecule has 0 aromatic heterocycles. The Bertz CT molecular complexity index is 161. The van der Waals surface area contributed by atoms with E-state index in [2.05, 4.69) is 17.9 Å². The number of hydrogen-bond donors (Lipinski definition) is 4. The monoisotopic (exact) mass is 207 g/mol. The summed E-state index contributed by atoms with van der Waals surface area (Å²) in [4.78, 5) is 11.3. The van der Waals surface area contributed by atoms with Crippen molar-refractivity contribution in [1.29, 1.82) is 0 Å². The molecule has 0 fully saturated rings. The van der Waals surface area contributed by atoms with Gasteiger partial charge in [-0.05, 0) is 19.8 Å². The SMILES string of the molecule is CC(S)(CCO)C(=O)NCCCO. The summed E-state index contributed by atoms with van der Waals surface area (Å²) in [7, 11) is 0. The van der Waals surface area contributed by atoms with Crippen LogP contribution in [0, 0.1) is 0 Å². The Labute approximate surface area is 83.7 Å². The molecule has 3 N–H and O–H groups in total. The van der Waals surface area contributed by atoms with E-state index in [0.29, 0.717) is 19.4 Å². The fraction of sp³-hybridized carbons (Fsp3) is 0.875. The molecule has 0 rings (SSSR count). The number of thiol groups is 1. The number of nitrogens with one attached hydrogen (secondary N) is 1. The molecule has 13 heavy (non-hydrogen) atoms. The van der Waals surface area contributed by atoms with Crippen molar-refractivity contribution in [2.24, 2.45) is 0 Å². The second-order valence-corrected chi connectivity index (χ2v) is 4.07. The molecule has 78 valence electrons. The third kappa shape index (κ3) is 5.13. The molecular weight excluding hydrogens is 190 g/mol. The first kappa shape index (κ1) is 12.7. The first-order valence-corrected chi connectivity index (χ1v) is 4.71. The second-order valence-electron chi connectivity index (χ2n) is 3.08. The Kier molecular flexibility index (Phi) is 6.11. The van der Waals surface area contributed by atoms with Crippen molar-refractivity contribution in [3.05, 3.63) is 0 Å². The average Bonchev–Trinajstić information content (AvgIpc) is 2.04. The summed E-state index contributed by atoms with van der Waals surface area (Å²) in [6, 6.07) is 0. The van der Waals surface area contributed by atoms with Crippen molar-refractivity contribution in [3.8, 4) is 0 Å². The molecule has 4 nitrogen and oxygen atoms in total. The lowest BCUT2D eigenvalue weighted by atomic mass is 10.1. The highest BCUT2D eigenvalue weighted by molar-refractivity contribution is 7.82. The van der Waals surface area contributed by atoms with Gasteiger partial charge in [-0.3, -0.25) is 4.79 Å². The molecule has 0 aliphatic heterocycles. The van der Waals surface area contributed by atoms with Gasteiger partial charge in [0, 0.05) is 19.8 Å². The van der Waals surface area contributed by atoms with Gasteiger partial charge in [-0.2, -0.15) is 12.6 Å². The molecule has 0 aliphatic carbocycles. The fourth-order valence-corrected chi connectivity index (χ4v) is 0.982. The molecule has 0 heterocycles. The van der Waals surface area contributed by atoms with E-state index in [1.54, 1.807) is 6.92 Å². The van der Waals surface area contributed by atoms with E-state index in [-0.39, 0.29) is 19.1 Å². The van der Waals surface area contributed by atoms with Crippen molar-refractivity contribution in [2.45, 2.75) is 24.5 Å². The molecule has 0 spiro atoms. The first-order chi connectivity index (χ1) is 6.04. The number of carbonyl (C=O) groups is 1. The van der Waals surface area contributed by atoms with E-state index in [9.17, 15) is 4.79 Å². The first-order valence-electron chi connectivity index (χ1n) is 4.27. The second kappa shape index (κ2) is 6.23. The van der Waals surface area contributed by atoms with E-state index in [0.717, 1.165) is 0 Å². The Morgan fingerprint density at radius 3 is 2.54 bits per heavy atom. The van der Waals surface area contributed by atoms with Crippen LogP contribution in [0.5, 0.6) is 0 Å². The topological polar surface area (TPSA) is 69.6 Å². The highest BCUT2D eigenvalue weighted by Gasteiger charge is 2.27. The van der Waals surface area contributed by atoms with Crippen LogP contribution in [0.3, 0.4) is 0 Å². The zero-order valence-electron chi connectivity index (χ0n) is 7.79. The van der Waals surface area contributed by atoms with Crippen LogP contribution in [0.2, 0.25) is 0 Å². The number of carbonyl (C=O) groups excluding carboxylic acids is 1. The molecule has 5 heteroatoms. The zero-order valence-corrected chi connectivity index (χ0v) is 8.68. The molecule has 1 atom stereocenters. The number of aliphatic hydroxyl groups is 2. The smallest absolute Gasteiger partial charge is 0.235 e. The maximum Gasteiger partial charge on any atom is 0.235 e. The Balaban J connectivity index is 3.80. The summed E-state index contributed by atoms with van der Waals surface area (Å²) in [5.41, 5.74) is 0. The summed E-state index contributed by atoms with van der Waals surface area (Å²) in [6.07, 6.45) is 0.857. The average molecular weight is 207 g/mol. The minimum atomic E-state index is -0.829. The van der Waals surface area contributed by atoms with Crippen LogP contribution in [-0.4, -0.2) is 40.6 Å².